The number of hydrogen-bond acceptors (Lipinski definition) is 3. The first-order valence-corrected chi connectivity index (χ1v) is 7.88. The van der Waals surface area contributed by atoms with Gasteiger partial charge < -0.3 is 15.2 Å². The molecule has 3 nitrogen and oxygen atoms in total. The number of aliphatic hydroxyl groups is 1. The van der Waals surface area contributed by atoms with Gasteiger partial charge >= 0.3 is 0 Å². The lowest BCUT2D eigenvalue weighted by atomic mass is 10.1. The molecule has 0 saturated carbocycles. The standard InChI is InChI=1S/C19H25NO2.ClH/c1-3-15(2)20-13-18(21)14-22-19-11-9-17(10-12-19)16-7-5-4-6-8-16;/h4-12,15,18,20-21H,3,13-14H2,1-2H3;1H. The van der Waals surface area contributed by atoms with E-state index in [4.69, 9.17) is 4.74 Å². The van der Waals surface area contributed by atoms with Crippen molar-refractivity contribution in [1.29, 1.82) is 0 Å². The molecule has 2 N–H and O–H groups in total. The van der Waals surface area contributed by atoms with Crippen molar-refractivity contribution in [3.63, 3.8) is 0 Å². The summed E-state index contributed by atoms with van der Waals surface area (Å²) in [5, 5.41) is 13.2. The molecule has 0 fully saturated rings. The van der Waals surface area contributed by atoms with E-state index in [9.17, 15) is 5.11 Å². The first-order chi connectivity index (χ1) is 10.7. The van der Waals surface area contributed by atoms with Crippen LogP contribution in [0.5, 0.6) is 5.75 Å². The molecule has 2 unspecified atom stereocenters. The second-order valence-corrected chi connectivity index (χ2v) is 5.57. The molecule has 2 rings (SSSR count). The van der Waals surface area contributed by atoms with Crippen LogP contribution < -0.4 is 10.1 Å². The molecule has 0 bridgehead atoms. The Morgan fingerprint density at radius 1 is 1.00 bits per heavy atom. The summed E-state index contributed by atoms with van der Waals surface area (Å²) in [6, 6.07) is 18.6. The highest BCUT2D eigenvalue weighted by atomic mass is 35.5. The van der Waals surface area contributed by atoms with Crippen molar-refractivity contribution in [3.05, 3.63) is 54.6 Å². The summed E-state index contributed by atoms with van der Waals surface area (Å²) in [5.41, 5.74) is 2.35. The topological polar surface area (TPSA) is 41.5 Å². The van der Waals surface area contributed by atoms with Crippen LogP contribution in [-0.2, 0) is 0 Å². The van der Waals surface area contributed by atoms with Crippen LogP contribution in [0, 0.1) is 0 Å². The third-order valence-electron chi connectivity index (χ3n) is 3.72. The minimum absolute atomic E-state index is 0. The molecule has 0 amide bonds. The molecule has 2 aromatic carbocycles. The second kappa shape index (κ2) is 10.3. The van der Waals surface area contributed by atoms with Gasteiger partial charge in [0.1, 0.15) is 18.5 Å². The lowest BCUT2D eigenvalue weighted by Crippen LogP contribution is -2.36. The van der Waals surface area contributed by atoms with E-state index in [1.807, 2.05) is 42.5 Å². The van der Waals surface area contributed by atoms with Crippen molar-refractivity contribution in [1.82, 2.24) is 5.32 Å². The van der Waals surface area contributed by atoms with Gasteiger partial charge in [0.25, 0.3) is 0 Å². The summed E-state index contributed by atoms with van der Waals surface area (Å²) >= 11 is 0. The molecule has 0 aliphatic heterocycles. The van der Waals surface area contributed by atoms with E-state index in [2.05, 4.69) is 31.3 Å². The second-order valence-electron chi connectivity index (χ2n) is 5.57. The first kappa shape index (κ1) is 19.5. The fraction of sp³-hybridized carbons (Fsp3) is 0.368. The maximum absolute atomic E-state index is 9.90. The average molecular weight is 336 g/mol. The van der Waals surface area contributed by atoms with Gasteiger partial charge in [-0.2, -0.15) is 0 Å². The molecule has 126 valence electrons. The zero-order valence-corrected chi connectivity index (χ0v) is 14.6. The zero-order valence-electron chi connectivity index (χ0n) is 13.7. The molecule has 0 aliphatic carbocycles. The Labute approximate surface area is 145 Å². The van der Waals surface area contributed by atoms with E-state index in [0.29, 0.717) is 19.2 Å². The SMILES string of the molecule is CCC(C)NCC(O)COc1ccc(-c2ccccc2)cc1.Cl. The van der Waals surface area contributed by atoms with Crippen LogP contribution in [0.25, 0.3) is 11.1 Å². The van der Waals surface area contributed by atoms with Gasteiger partial charge in [0.2, 0.25) is 0 Å². The van der Waals surface area contributed by atoms with Crippen LogP contribution in [0.3, 0.4) is 0 Å². The fourth-order valence-corrected chi connectivity index (χ4v) is 2.11. The van der Waals surface area contributed by atoms with Crippen molar-refractivity contribution in [3.8, 4) is 16.9 Å². The van der Waals surface area contributed by atoms with Crippen LogP contribution in [0.1, 0.15) is 20.3 Å². The minimum atomic E-state index is -0.497. The van der Waals surface area contributed by atoms with Crippen molar-refractivity contribution in [2.75, 3.05) is 13.2 Å². The molecular formula is C19H26ClNO2. The summed E-state index contributed by atoms with van der Waals surface area (Å²) < 4.78 is 5.63. The van der Waals surface area contributed by atoms with Crippen LogP contribution in [0.2, 0.25) is 0 Å². The van der Waals surface area contributed by atoms with Crippen LogP contribution >= 0.6 is 12.4 Å². The van der Waals surface area contributed by atoms with E-state index in [1.54, 1.807) is 0 Å². The monoisotopic (exact) mass is 335 g/mol. The number of rotatable bonds is 8. The quantitative estimate of drug-likeness (QED) is 0.768. The maximum atomic E-state index is 9.90. The minimum Gasteiger partial charge on any atom is -0.491 e. The highest BCUT2D eigenvalue weighted by Gasteiger charge is 2.07. The van der Waals surface area contributed by atoms with Gasteiger partial charge in [0.15, 0.2) is 0 Å². The predicted molar refractivity (Wildman–Crippen MR) is 98.4 cm³/mol. The van der Waals surface area contributed by atoms with E-state index in [-0.39, 0.29) is 12.4 Å². The number of ether oxygens (including phenoxy) is 1. The van der Waals surface area contributed by atoms with E-state index in [1.165, 1.54) is 5.56 Å². The number of halogens is 1. The van der Waals surface area contributed by atoms with Gasteiger partial charge in [0.05, 0.1) is 0 Å². The van der Waals surface area contributed by atoms with Gasteiger partial charge in [-0.3, -0.25) is 0 Å². The summed E-state index contributed by atoms with van der Waals surface area (Å²) in [4.78, 5) is 0. The van der Waals surface area contributed by atoms with E-state index < -0.39 is 6.10 Å². The highest BCUT2D eigenvalue weighted by Crippen LogP contribution is 2.22. The summed E-state index contributed by atoms with van der Waals surface area (Å²) in [5.74, 6) is 0.780. The number of benzene rings is 2. The molecule has 0 heterocycles. The lowest BCUT2D eigenvalue weighted by molar-refractivity contribution is 0.104. The Bertz CT molecular complexity index is 545. The van der Waals surface area contributed by atoms with Crippen molar-refractivity contribution < 1.29 is 9.84 Å². The van der Waals surface area contributed by atoms with Crippen LogP contribution in [0.15, 0.2) is 54.6 Å². The summed E-state index contributed by atoms with van der Waals surface area (Å²) in [7, 11) is 0. The van der Waals surface area contributed by atoms with Crippen molar-refractivity contribution >= 4 is 12.4 Å². The van der Waals surface area contributed by atoms with Gasteiger partial charge in [-0.05, 0) is 36.6 Å². The molecule has 0 radical (unpaired) electrons. The molecule has 0 aliphatic rings. The Morgan fingerprint density at radius 2 is 1.61 bits per heavy atom. The third kappa shape index (κ3) is 6.61. The Hall–Kier alpha value is -1.55. The number of aliphatic hydroxyl groups excluding tert-OH is 1. The lowest BCUT2D eigenvalue weighted by Gasteiger charge is -2.16. The van der Waals surface area contributed by atoms with Crippen molar-refractivity contribution in [2.45, 2.75) is 32.4 Å². The third-order valence-corrected chi connectivity index (χ3v) is 3.72. The number of hydrogen-bond donors (Lipinski definition) is 2. The largest absolute Gasteiger partial charge is 0.491 e. The highest BCUT2D eigenvalue weighted by molar-refractivity contribution is 5.85. The van der Waals surface area contributed by atoms with E-state index in [0.717, 1.165) is 17.7 Å². The Balaban J connectivity index is 0.00000264. The van der Waals surface area contributed by atoms with Crippen molar-refractivity contribution in [2.24, 2.45) is 0 Å². The van der Waals surface area contributed by atoms with Gasteiger partial charge in [-0.1, -0.05) is 49.4 Å². The smallest absolute Gasteiger partial charge is 0.119 e. The molecule has 2 aromatic rings. The van der Waals surface area contributed by atoms with Gasteiger partial charge in [-0.15, -0.1) is 12.4 Å². The molecular weight excluding hydrogens is 310 g/mol. The van der Waals surface area contributed by atoms with Gasteiger partial charge in [0, 0.05) is 12.6 Å². The average Bonchev–Trinajstić information content (AvgIpc) is 2.59. The zero-order chi connectivity index (χ0) is 15.8. The van der Waals surface area contributed by atoms with Crippen LogP contribution in [-0.4, -0.2) is 30.4 Å². The molecule has 0 saturated heterocycles. The molecule has 23 heavy (non-hydrogen) atoms. The Morgan fingerprint density at radius 3 is 2.22 bits per heavy atom. The predicted octanol–water partition coefficient (Wildman–Crippen LogP) is 3.90. The number of nitrogens with one attached hydrogen (secondary N) is 1. The Kier molecular flexibility index (Phi) is 8.70. The molecule has 4 heteroatoms. The normalized spacial score (nSPS) is 13.0. The fourth-order valence-electron chi connectivity index (χ4n) is 2.11. The summed E-state index contributed by atoms with van der Waals surface area (Å²) in [6.45, 7) is 5.08. The maximum Gasteiger partial charge on any atom is 0.119 e. The first-order valence-electron chi connectivity index (χ1n) is 7.88. The molecule has 2 atom stereocenters. The van der Waals surface area contributed by atoms with Gasteiger partial charge in [-0.25, -0.2) is 0 Å². The van der Waals surface area contributed by atoms with E-state index >= 15 is 0 Å². The summed E-state index contributed by atoms with van der Waals surface area (Å²) in [6.07, 6.45) is 0.553. The van der Waals surface area contributed by atoms with Crippen LogP contribution in [0.4, 0.5) is 0 Å². The molecule has 0 aromatic heterocycles. The molecule has 0 spiro atoms.